The second-order valence-electron chi connectivity index (χ2n) is 9.70. The van der Waals surface area contributed by atoms with Crippen molar-refractivity contribution in [2.75, 3.05) is 23.3 Å². The molecule has 0 bridgehead atoms. The second-order valence-corrected chi connectivity index (χ2v) is 11.6. The average molecular weight is 484 g/mol. The number of piperidine rings is 1. The van der Waals surface area contributed by atoms with Crippen molar-refractivity contribution < 1.29 is 18.0 Å². The van der Waals surface area contributed by atoms with Gasteiger partial charge in [-0.15, -0.1) is 0 Å². The lowest BCUT2D eigenvalue weighted by Crippen LogP contribution is -2.43. The molecule has 2 aromatic rings. The molecular formula is C26H33N3O4S. The number of amides is 2. The number of nitrogens with zero attached hydrogens (tertiary/aromatic N) is 2. The average Bonchev–Trinajstić information content (AvgIpc) is 3.14. The molecule has 1 saturated heterocycles. The summed E-state index contributed by atoms with van der Waals surface area (Å²) in [4.78, 5) is 26.8. The normalized spacial score (nSPS) is 20.9. The van der Waals surface area contributed by atoms with Gasteiger partial charge in [0, 0.05) is 37.4 Å². The molecule has 2 aliphatic heterocycles. The minimum Gasteiger partial charge on any atom is -0.326 e. The van der Waals surface area contributed by atoms with Crippen LogP contribution in [0.3, 0.4) is 0 Å². The highest BCUT2D eigenvalue weighted by Crippen LogP contribution is 2.35. The fraction of sp³-hybridized carbons (Fsp3) is 0.462. The number of hydrogen-bond donors (Lipinski definition) is 1. The van der Waals surface area contributed by atoms with E-state index in [9.17, 15) is 18.0 Å². The maximum absolute atomic E-state index is 13.4. The molecule has 7 nitrogen and oxygen atoms in total. The predicted octanol–water partition coefficient (Wildman–Crippen LogP) is 4.15. The van der Waals surface area contributed by atoms with E-state index in [0.29, 0.717) is 31.7 Å². The van der Waals surface area contributed by atoms with Crippen molar-refractivity contribution >= 4 is 33.2 Å². The number of rotatable bonds is 5. The third-order valence-corrected chi connectivity index (χ3v) is 8.70. The smallest absolute Gasteiger partial charge is 0.243 e. The molecule has 2 amide bonds. The number of carbonyl (C=O) groups is 2. The lowest BCUT2D eigenvalue weighted by atomic mass is 9.98. The van der Waals surface area contributed by atoms with Crippen molar-refractivity contribution in [2.24, 2.45) is 5.92 Å². The summed E-state index contributed by atoms with van der Waals surface area (Å²) in [7, 11) is -3.74. The standard InChI is InChI=1S/C26H33N3O4S/c1-17(2)20-7-9-23(10-8-20)27-26(31)21-6-5-13-28(16-21)34(32,33)24-11-12-25-22(15-24)14-18(3)29(25)19(4)30/h7-12,15,17-18,21H,5-6,13-14,16H2,1-4H3,(H,27,31)/t18-,21-/m0/s1. The molecular weight excluding hydrogens is 450 g/mol. The molecule has 2 atom stereocenters. The number of fused-ring (bicyclic) bond motifs is 1. The Kier molecular flexibility index (Phi) is 6.82. The maximum atomic E-state index is 13.4. The van der Waals surface area contributed by atoms with Crippen LogP contribution in [0.4, 0.5) is 11.4 Å². The summed E-state index contributed by atoms with van der Waals surface area (Å²) < 4.78 is 28.3. The topological polar surface area (TPSA) is 86.8 Å². The highest BCUT2D eigenvalue weighted by molar-refractivity contribution is 7.89. The van der Waals surface area contributed by atoms with Gasteiger partial charge in [0.2, 0.25) is 21.8 Å². The maximum Gasteiger partial charge on any atom is 0.243 e. The highest BCUT2D eigenvalue weighted by Gasteiger charge is 2.35. The van der Waals surface area contributed by atoms with E-state index in [1.807, 2.05) is 31.2 Å². The van der Waals surface area contributed by atoms with Gasteiger partial charge in [-0.3, -0.25) is 9.59 Å². The van der Waals surface area contributed by atoms with Crippen molar-refractivity contribution in [3.8, 4) is 0 Å². The van der Waals surface area contributed by atoms with Gasteiger partial charge in [0.15, 0.2) is 0 Å². The zero-order valence-electron chi connectivity index (χ0n) is 20.2. The molecule has 0 radical (unpaired) electrons. The zero-order chi connectivity index (χ0) is 24.6. The largest absolute Gasteiger partial charge is 0.326 e. The zero-order valence-corrected chi connectivity index (χ0v) is 21.1. The van der Waals surface area contributed by atoms with E-state index in [-0.39, 0.29) is 29.3 Å². The number of benzene rings is 2. The monoisotopic (exact) mass is 483 g/mol. The van der Waals surface area contributed by atoms with Crippen molar-refractivity contribution in [2.45, 2.75) is 63.8 Å². The number of anilines is 2. The number of sulfonamides is 1. The van der Waals surface area contributed by atoms with E-state index in [1.54, 1.807) is 23.1 Å². The van der Waals surface area contributed by atoms with Crippen LogP contribution in [0.25, 0.3) is 0 Å². The molecule has 8 heteroatoms. The molecule has 1 fully saturated rings. The van der Waals surface area contributed by atoms with Crippen LogP contribution in [0.5, 0.6) is 0 Å². The van der Waals surface area contributed by atoms with Crippen LogP contribution in [-0.4, -0.2) is 43.7 Å². The van der Waals surface area contributed by atoms with Gasteiger partial charge in [-0.1, -0.05) is 26.0 Å². The summed E-state index contributed by atoms with van der Waals surface area (Å²) in [5.41, 5.74) is 3.55. The summed E-state index contributed by atoms with van der Waals surface area (Å²) >= 11 is 0. The molecule has 182 valence electrons. The van der Waals surface area contributed by atoms with Crippen LogP contribution < -0.4 is 10.2 Å². The summed E-state index contributed by atoms with van der Waals surface area (Å²) in [5.74, 6) is -0.201. The van der Waals surface area contributed by atoms with Crippen molar-refractivity contribution in [1.82, 2.24) is 4.31 Å². The number of carbonyl (C=O) groups excluding carboxylic acids is 2. The van der Waals surface area contributed by atoms with Crippen LogP contribution in [0.15, 0.2) is 47.4 Å². The molecule has 34 heavy (non-hydrogen) atoms. The minimum atomic E-state index is -3.74. The third kappa shape index (κ3) is 4.74. The van der Waals surface area contributed by atoms with Gasteiger partial charge in [-0.2, -0.15) is 4.31 Å². The van der Waals surface area contributed by atoms with Gasteiger partial charge in [-0.05, 0) is 73.6 Å². The van der Waals surface area contributed by atoms with Crippen LogP contribution in [0, 0.1) is 5.92 Å². The SMILES string of the molecule is CC(=O)N1c2ccc(S(=O)(=O)N3CCC[C@H](C(=O)Nc4ccc(C(C)C)cc4)C3)cc2C[C@@H]1C. The first kappa shape index (κ1) is 24.4. The quantitative estimate of drug-likeness (QED) is 0.692. The van der Waals surface area contributed by atoms with E-state index in [1.165, 1.54) is 16.8 Å². The van der Waals surface area contributed by atoms with Crippen molar-refractivity contribution in [3.63, 3.8) is 0 Å². The van der Waals surface area contributed by atoms with Gasteiger partial charge in [0.25, 0.3) is 0 Å². The first-order chi connectivity index (χ1) is 16.1. The molecule has 0 unspecified atom stereocenters. The van der Waals surface area contributed by atoms with Crippen LogP contribution in [0.1, 0.15) is 57.6 Å². The van der Waals surface area contributed by atoms with Crippen molar-refractivity contribution in [3.05, 3.63) is 53.6 Å². The van der Waals surface area contributed by atoms with E-state index >= 15 is 0 Å². The fourth-order valence-corrected chi connectivity index (χ4v) is 6.54. The summed E-state index contributed by atoms with van der Waals surface area (Å²) in [6.07, 6.45) is 1.90. The Balaban J connectivity index is 1.48. The molecule has 0 spiro atoms. The van der Waals surface area contributed by atoms with Crippen LogP contribution in [-0.2, 0) is 26.0 Å². The molecule has 2 heterocycles. The Morgan fingerprint density at radius 1 is 1.09 bits per heavy atom. The van der Waals surface area contributed by atoms with E-state index in [0.717, 1.165) is 16.9 Å². The van der Waals surface area contributed by atoms with Gasteiger partial charge in [0.1, 0.15) is 0 Å². The van der Waals surface area contributed by atoms with E-state index < -0.39 is 15.9 Å². The lowest BCUT2D eigenvalue weighted by Gasteiger charge is -2.31. The Morgan fingerprint density at radius 3 is 2.44 bits per heavy atom. The van der Waals surface area contributed by atoms with Gasteiger partial charge in [-0.25, -0.2) is 8.42 Å². The van der Waals surface area contributed by atoms with E-state index in [4.69, 9.17) is 0 Å². The molecule has 4 rings (SSSR count). The van der Waals surface area contributed by atoms with E-state index in [2.05, 4.69) is 19.2 Å². The van der Waals surface area contributed by atoms with Crippen molar-refractivity contribution in [1.29, 1.82) is 0 Å². The Labute approximate surface area is 202 Å². The lowest BCUT2D eigenvalue weighted by molar-refractivity contribution is -0.121. The highest BCUT2D eigenvalue weighted by atomic mass is 32.2. The molecule has 0 saturated carbocycles. The van der Waals surface area contributed by atoms with Gasteiger partial charge >= 0.3 is 0 Å². The first-order valence-corrected chi connectivity index (χ1v) is 13.4. The Bertz CT molecular complexity index is 1190. The van der Waals surface area contributed by atoms with Crippen LogP contribution in [0.2, 0.25) is 0 Å². The minimum absolute atomic E-state index is 0.00289. The van der Waals surface area contributed by atoms with Crippen LogP contribution >= 0.6 is 0 Å². The second kappa shape index (κ2) is 9.50. The molecule has 0 aromatic heterocycles. The third-order valence-electron chi connectivity index (χ3n) is 6.84. The summed E-state index contributed by atoms with van der Waals surface area (Å²) in [6, 6.07) is 12.8. The fourth-order valence-electron chi connectivity index (χ4n) is 4.97. The number of hydrogen-bond acceptors (Lipinski definition) is 4. The molecule has 1 N–H and O–H groups in total. The summed E-state index contributed by atoms with van der Waals surface area (Å²) in [6.45, 7) is 8.26. The predicted molar refractivity (Wildman–Crippen MR) is 133 cm³/mol. The first-order valence-electron chi connectivity index (χ1n) is 11.9. The van der Waals surface area contributed by atoms with Gasteiger partial charge < -0.3 is 10.2 Å². The summed E-state index contributed by atoms with van der Waals surface area (Å²) in [5, 5.41) is 2.95. The molecule has 0 aliphatic carbocycles. The number of nitrogens with one attached hydrogen (secondary N) is 1. The molecule has 2 aromatic carbocycles. The molecule has 2 aliphatic rings. The van der Waals surface area contributed by atoms with Gasteiger partial charge in [0.05, 0.1) is 10.8 Å². The Morgan fingerprint density at radius 2 is 1.79 bits per heavy atom. The Hall–Kier alpha value is -2.71.